The lowest BCUT2D eigenvalue weighted by Crippen LogP contribution is -2.47. The van der Waals surface area contributed by atoms with Gasteiger partial charge in [-0.2, -0.15) is 11.8 Å². The maximum Gasteiger partial charge on any atom is 0.238 e. The van der Waals surface area contributed by atoms with Crippen molar-refractivity contribution >= 4 is 41.8 Å². The first-order valence-corrected chi connectivity index (χ1v) is 7.36. The smallest absolute Gasteiger partial charge is 0.238 e. The van der Waals surface area contributed by atoms with E-state index in [1.807, 2.05) is 11.8 Å². The summed E-state index contributed by atoms with van der Waals surface area (Å²) in [5.74, 6) is 4.42. The molecule has 2 rings (SSSR count). The van der Waals surface area contributed by atoms with Crippen molar-refractivity contribution in [1.29, 1.82) is 0 Å². The quantitative estimate of drug-likeness (QED) is 0.787. The molecule has 3 nitrogen and oxygen atoms in total. The number of carbonyl (C=O) groups excluding carboxylic acids is 1. The molecule has 0 radical (unpaired) electrons. The number of nitrogens with one attached hydrogen (secondary N) is 2. The molecular weight excluding hydrogens is 252 g/mol. The first-order chi connectivity index (χ1) is 6.86. The Kier molecular flexibility index (Phi) is 6.19. The summed E-state index contributed by atoms with van der Waals surface area (Å²) in [5.41, 5.74) is 0. The average molecular weight is 269 g/mol. The lowest BCUT2D eigenvalue weighted by molar-refractivity contribution is -0.123. The lowest BCUT2D eigenvalue weighted by atomic mass is 10.1. The van der Waals surface area contributed by atoms with Gasteiger partial charge in [-0.1, -0.05) is 0 Å². The fraction of sp³-hybridized carbons (Fsp3) is 0.889. The number of carbonyl (C=O) groups is 1. The third-order valence-electron chi connectivity index (χ3n) is 2.60. The van der Waals surface area contributed by atoms with Crippen LogP contribution in [0.4, 0.5) is 0 Å². The molecule has 2 aliphatic heterocycles. The number of thioether (sulfide) groups is 2. The SMILES string of the molecule is Cl.O=C(NC1CCSCC1)C1CSCN1. The van der Waals surface area contributed by atoms with Gasteiger partial charge in [-0.25, -0.2) is 0 Å². The lowest BCUT2D eigenvalue weighted by Gasteiger charge is -2.23. The number of hydrogen-bond acceptors (Lipinski definition) is 4. The third kappa shape index (κ3) is 4.06. The molecule has 1 atom stereocenters. The second-order valence-corrected chi connectivity index (χ2v) is 5.92. The Morgan fingerprint density at radius 3 is 2.60 bits per heavy atom. The van der Waals surface area contributed by atoms with Crippen molar-refractivity contribution in [2.75, 3.05) is 23.1 Å². The zero-order valence-electron chi connectivity index (χ0n) is 8.53. The molecule has 2 fully saturated rings. The second kappa shape index (κ2) is 6.89. The Morgan fingerprint density at radius 1 is 1.27 bits per heavy atom. The van der Waals surface area contributed by atoms with Crippen molar-refractivity contribution in [3.05, 3.63) is 0 Å². The summed E-state index contributed by atoms with van der Waals surface area (Å²) in [6.07, 6.45) is 2.27. The van der Waals surface area contributed by atoms with Gasteiger partial charge >= 0.3 is 0 Å². The molecule has 2 heterocycles. The first-order valence-electron chi connectivity index (χ1n) is 5.05. The molecule has 1 amide bonds. The summed E-state index contributed by atoms with van der Waals surface area (Å²) >= 11 is 3.78. The van der Waals surface area contributed by atoms with Gasteiger partial charge in [0.2, 0.25) is 5.91 Å². The van der Waals surface area contributed by atoms with Gasteiger partial charge in [0.25, 0.3) is 0 Å². The minimum Gasteiger partial charge on any atom is -0.352 e. The van der Waals surface area contributed by atoms with Crippen LogP contribution in [0.15, 0.2) is 0 Å². The summed E-state index contributed by atoms with van der Waals surface area (Å²) in [4.78, 5) is 11.7. The van der Waals surface area contributed by atoms with Gasteiger partial charge in [0.05, 0.1) is 6.04 Å². The maximum absolute atomic E-state index is 11.7. The van der Waals surface area contributed by atoms with Crippen molar-refractivity contribution in [3.63, 3.8) is 0 Å². The van der Waals surface area contributed by atoms with Crippen LogP contribution in [-0.4, -0.2) is 41.1 Å². The molecule has 2 N–H and O–H groups in total. The van der Waals surface area contributed by atoms with E-state index in [0.29, 0.717) is 6.04 Å². The van der Waals surface area contributed by atoms with E-state index in [1.165, 1.54) is 11.5 Å². The van der Waals surface area contributed by atoms with Crippen LogP contribution in [0.5, 0.6) is 0 Å². The molecule has 0 aromatic heterocycles. The van der Waals surface area contributed by atoms with Crippen molar-refractivity contribution in [1.82, 2.24) is 10.6 Å². The van der Waals surface area contributed by atoms with Crippen LogP contribution < -0.4 is 10.6 Å². The van der Waals surface area contributed by atoms with Crippen LogP contribution in [0, 0.1) is 0 Å². The highest BCUT2D eigenvalue weighted by Crippen LogP contribution is 2.17. The molecule has 0 spiro atoms. The molecule has 0 saturated carbocycles. The average Bonchev–Trinajstić information content (AvgIpc) is 2.72. The Balaban J connectivity index is 0.00000112. The van der Waals surface area contributed by atoms with E-state index in [9.17, 15) is 4.79 Å². The van der Waals surface area contributed by atoms with Crippen LogP contribution in [-0.2, 0) is 4.79 Å². The highest BCUT2D eigenvalue weighted by molar-refractivity contribution is 7.99. The van der Waals surface area contributed by atoms with Gasteiger partial charge in [0.15, 0.2) is 0 Å². The van der Waals surface area contributed by atoms with Crippen LogP contribution in [0.1, 0.15) is 12.8 Å². The van der Waals surface area contributed by atoms with Gasteiger partial charge < -0.3 is 5.32 Å². The topological polar surface area (TPSA) is 41.1 Å². The molecule has 0 bridgehead atoms. The van der Waals surface area contributed by atoms with E-state index >= 15 is 0 Å². The number of halogens is 1. The summed E-state index contributed by atoms with van der Waals surface area (Å²) in [6, 6.07) is 0.478. The van der Waals surface area contributed by atoms with Crippen molar-refractivity contribution in [2.45, 2.75) is 24.9 Å². The molecule has 0 aromatic rings. The van der Waals surface area contributed by atoms with Crippen LogP contribution in [0.25, 0.3) is 0 Å². The zero-order chi connectivity index (χ0) is 9.80. The zero-order valence-corrected chi connectivity index (χ0v) is 11.0. The van der Waals surface area contributed by atoms with Gasteiger partial charge in [0.1, 0.15) is 0 Å². The molecule has 0 aromatic carbocycles. The van der Waals surface area contributed by atoms with E-state index in [2.05, 4.69) is 10.6 Å². The van der Waals surface area contributed by atoms with E-state index in [-0.39, 0.29) is 24.4 Å². The van der Waals surface area contributed by atoms with Crippen molar-refractivity contribution in [3.8, 4) is 0 Å². The minimum atomic E-state index is 0. The molecule has 2 aliphatic rings. The van der Waals surface area contributed by atoms with E-state index in [4.69, 9.17) is 0 Å². The maximum atomic E-state index is 11.7. The number of rotatable bonds is 2. The molecule has 2 saturated heterocycles. The van der Waals surface area contributed by atoms with Gasteiger partial charge in [0, 0.05) is 17.7 Å². The largest absolute Gasteiger partial charge is 0.352 e. The Labute approximate surface area is 105 Å². The third-order valence-corrected chi connectivity index (χ3v) is 4.59. The van der Waals surface area contributed by atoms with Gasteiger partial charge in [-0.05, 0) is 24.3 Å². The predicted octanol–water partition coefficient (Wildman–Crippen LogP) is 1.08. The van der Waals surface area contributed by atoms with Crippen LogP contribution >= 0.6 is 35.9 Å². The van der Waals surface area contributed by atoms with E-state index in [1.54, 1.807) is 11.8 Å². The second-order valence-electron chi connectivity index (χ2n) is 3.67. The first kappa shape index (κ1) is 13.5. The normalized spacial score (nSPS) is 27.1. The molecule has 0 aliphatic carbocycles. The van der Waals surface area contributed by atoms with Crippen molar-refractivity contribution < 1.29 is 4.79 Å². The van der Waals surface area contributed by atoms with Crippen molar-refractivity contribution in [2.24, 2.45) is 0 Å². The number of hydrogen-bond donors (Lipinski definition) is 2. The summed E-state index contributed by atoms with van der Waals surface area (Å²) in [5, 5.41) is 6.32. The standard InChI is InChI=1S/C9H16N2OS2.ClH/c12-9(8-5-14-6-10-8)11-7-1-3-13-4-2-7;/h7-8,10H,1-6H2,(H,11,12);1H. The Morgan fingerprint density at radius 2 is 2.00 bits per heavy atom. The molecule has 15 heavy (non-hydrogen) atoms. The highest BCUT2D eigenvalue weighted by Gasteiger charge is 2.25. The Hall–Kier alpha value is 0.420. The van der Waals surface area contributed by atoms with Crippen LogP contribution in [0.3, 0.4) is 0 Å². The van der Waals surface area contributed by atoms with Gasteiger partial charge in [-0.15, -0.1) is 24.2 Å². The molecule has 6 heteroatoms. The monoisotopic (exact) mass is 268 g/mol. The molecule has 88 valence electrons. The Bertz CT molecular complexity index is 206. The molecular formula is C9H17ClN2OS2. The number of amides is 1. The minimum absolute atomic E-state index is 0. The molecule has 1 unspecified atom stereocenters. The van der Waals surface area contributed by atoms with E-state index < -0.39 is 0 Å². The summed E-state index contributed by atoms with van der Waals surface area (Å²) in [7, 11) is 0. The van der Waals surface area contributed by atoms with Gasteiger partial charge in [-0.3, -0.25) is 10.1 Å². The summed E-state index contributed by atoms with van der Waals surface area (Å²) < 4.78 is 0. The van der Waals surface area contributed by atoms with Crippen LogP contribution in [0.2, 0.25) is 0 Å². The fourth-order valence-corrected chi connectivity index (χ4v) is 3.76. The fourth-order valence-electron chi connectivity index (χ4n) is 1.71. The predicted molar refractivity (Wildman–Crippen MR) is 70.0 cm³/mol. The van der Waals surface area contributed by atoms with E-state index in [0.717, 1.165) is 24.5 Å². The summed E-state index contributed by atoms with van der Waals surface area (Å²) in [6.45, 7) is 0. The highest BCUT2D eigenvalue weighted by atomic mass is 35.5.